The smallest absolute Gasteiger partial charge is 0.350 e. The summed E-state index contributed by atoms with van der Waals surface area (Å²) in [5.74, 6) is -0.482. The number of hydrogen-bond donors (Lipinski definition) is 1. The van der Waals surface area contributed by atoms with Crippen molar-refractivity contribution in [3.63, 3.8) is 0 Å². The van der Waals surface area contributed by atoms with Gasteiger partial charge in [0.15, 0.2) is 0 Å². The maximum atomic E-state index is 12.8. The molecule has 2 aromatic carbocycles. The molecule has 0 spiro atoms. The number of nitrogens with one attached hydrogen (secondary N) is 1. The van der Waals surface area contributed by atoms with Crippen molar-refractivity contribution in [1.29, 1.82) is 5.26 Å². The van der Waals surface area contributed by atoms with Crippen LogP contribution in [-0.2, 0) is 4.74 Å². The number of aromatic nitrogens is 1. The van der Waals surface area contributed by atoms with E-state index < -0.39 is 5.97 Å². The van der Waals surface area contributed by atoms with Crippen molar-refractivity contribution in [3.05, 3.63) is 87.0 Å². The second-order valence-electron chi connectivity index (χ2n) is 6.87. The number of rotatable bonds is 5. The van der Waals surface area contributed by atoms with Crippen LogP contribution in [0.2, 0.25) is 0 Å². The second-order valence-corrected chi connectivity index (χ2v) is 7.87. The molecule has 0 saturated heterocycles. The van der Waals surface area contributed by atoms with E-state index >= 15 is 0 Å². The van der Waals surface area contributed by atoms with Crippen LogP contribution in [0.3, 0.4) is 0 Å². The van der Waals surface area contributed by atoms with Gasteiger partial charge in [-0.25, -0.2) is 4.79 Å². The number of carbonyl (C=O) groups excluding carboxylic acids is 1. The number of pyridine rings is 1. The molecule has 7 heteroatoms. The van der Waals surface area contributed by atoms with Crippen molar-refractivity contribution in [2.45, 2.75) is 13.8 Å². The Hall–Kier alpha value is -3.89. The van der Waals surface area contributed by atoms with Crippen molar-refractivity contribution < 1.29 is 9.53 Å². The van der Waals surface area contributed by atoms with E-state index in [2.05, 4.69) is 11.4 Å². The maximum absolute atomic E-state index is 12.8. The van der Waals surface area contributed by atoms with Crippen molar-refractivity contribution in [1.82, 2.24) is 4.57 Å². The van der Waals surface area contributed by atoms with E-state index in [1.807, 2.05) is 49.4 Å². The number of nitriles is 1. The standard InChI is InChI=1S/C24H19N3O3S/c1-3-30-24(29)22-21(26-19-13-15(2)9-10-16(19)14-25)18-11-12-20(28)27(23(18)31-22)17-7-5-4-6-8-17/h4-13,26H,3H2,1-2H3. The van der Waals surface area contributed by atoms with Gasteiger partial charge in [0.1, 0.15) is 15.8 Å². The lowest BCUT2D eigenvalue weighted by molar-refractivity contribution is 0.0533. The van der Waals surface area contributed by atoms with Crippen LogP contribution in [0.4, 0.5) is 11.4 Å². The van der Waals surface area contributed by atoms with Gasteiger partial charge < -0.3 is 10.1 Å². The SMILES string of the molecule is CCOC(=O)c1sc2c(ccc(=O)n2-c2ccccc2)c1Nc1cc(C)ccc1C#N. The highest BCUT2D eigenvalue weighted by Gasteiger charge is 2.23. The molecular formula is C24H19N3O3S. The topological polar surface area (TPSA) is 84.1 Å². The first-order valence-corrected chi connectivity index (χ1v) is 10.5. The molecule has 0 fully saturated rings. The van der Waals surface area contributed by atoms with Crippen LogP contribution in [0.5, 0.6) is 0 Å². The van der Waals surface area contributed by atoms with E-state index in [1.165, 1.54) is 17.4 Å². The van der Waals surface area contributed by atoms with E-state index in [9.17, 15) is 14.9 Å². The number of carbonyl (C=O) groups is 1. The fraction of sp³-hybridized carbons (Fsp3) is 0.125. The van der Waals surface area contributed by atoms with Crippen LogP contribution in [-0.4, -0.2) is 17.1 Å². The Balaban J connectivity index is 1.99. The summed E-state index contributed by atoms with van der Waals surface area (Å²) < 4.78 is 6.85. The van der Waals surface area contributed by atoms with Crippen molar-refractivity contribution in [3.8, 4) is 11.8 Å². The lowest BCUT2D eigenvalue weighted by Crippen LogP contribution is -2.16. The molecule has 0 bridgehead atoms. The van der Waals surface area contributed by atoms with Crippen molar-refractivity contribution in [2.24, 2.45) is 0 Å². The molecule has 0 saturated carbocycles. The zero-order valence-corrected chi connectivity index (χ0v) is 17.8. The molecule has 0 aliphatic rings. The van der Waals surface area contributed by atoms with Gasteiger partial charge in [-0.15, -0.1) is 11.3 Å². The highest BCUT2D eigenvalue weighted by molar-refractivity contribution is 7.21. The van der Waals surface area contributed by atoms with E-state index in [0.29, 0.717) is 37.7 Å². The molecule has 0 aliphatic carbocycles. The van der Waals surface area contributed by atoms with Crippen LogP contribution in [0.15, 0.2) is 65.5 Å². The first-order chi connectivity index (χ1) is 15.0. The Labute approximate surface area is 183 Å². The van der Waals surface area contributed by atoms with Crippen LogP contribution in [0.1, 0.15) is 27.7 Å². The number of thiophene rings is 1. The molecule has 0 aliphatic heterocycles. The van der Waals surface area contributed by atoms with Gasteiger partial charge in [0, 0.05) is 11.5 Å². The number of esters is 1. The molecule has 4 rings (SSSR count). The number of fused-ring (bicyclic) bond motifs is 1. The van der Waals surface area contributed by atoms with Gasteiger partial charge in [-0.1, -0.05) is 24.3 Å². The van der Waals surface area contributed by atoms with Crippen LogP contribution >= 0.6 is 11.3 Å². The average Bonchev–Trinajstić information content (AvgIpc) is 3.13. The molecule has 4 aromatic rings. The summed E-state index contributed by atoms with van der Waals surface area (Å²) in [5, 5.41) is 13.5. The summed E-state index contributed by atoms with van der Waals surface area (Å²) in [7, 11) is 0. The molecule has 2 heterocycles. The minimum absolute atomic E-state index is 0.199. The zero-order valence-electron chi connectivity index (χ0n) is 17.0. The largest absolute Gasteiger partial charge is 0.462 e. The third kappa shape index (κ3) is 3.81. The number of nitrogens with zero attached hydrogens (tertiary/aromatic N) is 2. The molecule has 31 heavy (non-hydrogen) atoms. The maximum Gasteiger partial charge on any atom is 0.350 e. The van der Waals surface area contributed by atoms with Gasteiger partial charge in [0.2, 0.25) is 0 Å². The molecule has 2 aromatic heterocycles. The molecular weight excluding hydrogens is 410 g/mol. The molecule has 154 valence electrons. The number of benzene rings is 2. The number of aryl methyl sites for hydroxylation is 1. The second kappa shape index (κ2) is 8.46. The first kappa shape index (κ1) is 20.4. The normalized spacial score (nSPS) is 10.6. The molecule has 0 atom stereocenters. The van der Waals surface area contributed by atoms with Gasteiger partial charge in [-0.3, -0.25) is 9.36 Å². The van der Waals surface area contributed by atoms with Gasteiger partial charge in [-0.2, -0.15) is 5.26 Å². The Morgan fingerprint density at radius 3 is 2.65 bits per heavy atom. The summed E-state index contributed by atoms with van der Waals surface area (Å²) in [4.78, 5) is 26.5. The van der Waals surface area contributed by atoms with Crippen molar-refractivity contribution >= 4 is 38.9 Å². The minimum Gasteiger partial charge on any atom is -0.462 e. The quantitative estimate of drug-likeness (QED) is 0.444. The number of para-hydroxylation sites is 1. The van der Waals surface area contributed by atoms with E-state index in [1.54, 1.807) is 23.6 Å². The van der Waals surface area contributed by atoms with Gasteiger partial charge >= 0.3 is 5.97 Å². The lowest BCUT2D eigenvalue weighted by Gasteiger charge is -2.11. The summed E-state index contributed by atoms with van der Waals surface area (Å²) in [5.41, 5.74) is 3.04. The summed E-state index contributed by atoms with van der Waals surface area (Å²) >= 11 is 1.19. The summed E-state index contributed by atoms with van der Waals surface area (Å²) in [6.07, 6.45) is 0. The fourth-order valence-electron chi connectivity index (χ4n) is 3.36. The van der Waals surface area contributed by atoms with Gasteiger partial charge in [-0.05, 0) is 49.7 Å². The predicted octanol–water partition coefficient (Wildman–Crippen LogP) is 5.15. The lowest BCUT2D eigenvalue weighted by atomic mass is 10.1. The molecule has 0 unspecified atom stereocenters. The molecule has 6 nitrogen and oxygen atoms in total. The first-order valence-electron chi connectivity index (χ1n) is 9.72. The van der Waals surface area contributed by atoms with Crippen LogP contribution in [0.25, 0.3) is 15.9 Å². The zero-order chi connectivity index (χ0) is 22.0. The predicted molar refractivity (Wildman–Crippen MR) is 123 cm³/mol. The Morgan fingerprint density at radius 2 is 1.94 bits per heavy atom. The minimum atomic E-state index is -0.482. The fourth-order valence-corrected chi connectivity index (χ4v) is 4.53. The Kier molecular flexibility index (Phi) is 5.56. The summed E-state index contributed by atoms with van der Waals surface area (Å²) in [6, 6.07) is 20.0. The monoisotopic (exact) mass is 429 g/mol. The molecule has 0 amide bonds. The van der Waals surface area contributed by atoms with Gasteiger partial charge in [0.25, 0.3) is 5.56 Å². The highest BCUT2D eigenvalue weighted by Crippen LogP contribution is 2.39. The van der Waals surface area contributed by atoms with Gasteiger partial charge in [0.05, 0.1) is 29.2 Å². The van der Waals surface area contributed by atoms with Crippen LogP contribution < -0.4 is 10.9 Å². The third-order valence-electron chi connectivity index (χ3n) is 4.77. The number of ether oxygens (including phenoxy) is 1. The van der Waals surface area contributed by atoms with Crippen LogP contribution in [0, 0.1) is 18.3 Å². The number of hydrogen-bond acceptors (Lipinski definition) is 6. The summed E-state index contributed by atoms with van der Waals surface area (Å²) in [6.45, 7) is 3.90. The molecule has 0 radical (unpaired) electrons. The highest BCUT2D eigenvalue weighted by atomic mass is 32.1. The van der Waals surface area contributed by atoms with E-state index in [4.69, 9.17) is 4.74 Å². The Bertz CT molecular complexity index is 1380. The third-order valence-corrected chi connectivity index (χ3v) is 5.94. The van der Waals surface area contributed by atoms with E-state index in [-0.39, 0.29) is 12.2 Å². The Morgan fingerprint density at radius 1 is 1.16 bits per heavy atom. The van der Waals surface area contributed by atoms with E-state index in [0.717, 1.165) is 5.56 Å². The number of anilines is 2. The molecule has 1 N–H and O–H groups in total. The average molecular weight is 430 g/mol. The van der Waals surface area contributed by atoms with Crippen molar-refractivity contribution in [2.75, 3.05) is 11.9 Å².